The zero-order chi connectivity index (χ0) is 12.2. The number of hydrogen-bond acceptors (Lipinski definition) is 0. The summed E-state index contributed by atoms with van der Waals surface area (Å²) in [5.41, 5.74) is 5.77. The Morgan fingerprint density at radius 2 is 2.00 bits per heavy atom. The fourth-order valence-electron chi connectivity index (χ4n) is 3.05. The van der Waals surface area contributed by atoms with Crippen LogP contribution in [0.2, 0.25) is 0 Å². The lowest BCUT2D eigenvalue weighted by Gasteiger charge is -2.26. The molecular formula is C15H14BrCl. The predicted octanol–water partition coefficient (Wildman–Crippen LogP) is 5.41. The van der Waals surface area contributed by atoms with Crippen molar-refractivity contribution in [2.45, 2.75) is 32.1 Å². The second-order valence-corrected chi connectivity index (χ2v) is 6.61. The number of rotatable bonds is 0. The van der Waals surface area contributed by atoms with Crippen molar-refractivity contribution >= 4 is 33.1 Å². The standard InChI is InChI=1S/C15H14BrCl/c1-15(2)11-7-6-9(17)8-10(11)14-12(15)4-3-5-13(14)16/h3-5,8H,6-7H2,1-2H3. The van der Waals surface area contributed by atoms with E-state index >= 15 is 0 Å². The maximum absolute atomic E-state index is 6.21. The monoisotopic (exact) mass is 308 g/mol. The fraction of sp³-hybridized carbons (Fsp3) is 0.333. The van der Waals surface area contributed by atoms with Gasteiger partial charge in [-0.05, 0) is 41.7 Å². The number of halogens is 2. The van der Waals surface area contributed by atoms with Gasteiger partial charge in [0.15, 0.2) is 0 Å². The summed E-state index contributed by atoms with van der Waals surface area (Å²) < 4.78 is 1.18. The van der Waals surface area contributed by atoms with Crippen molar-refractivity contribution in [3.8, 4) is 0 Å². The fourth-order valence-corrected chi connectivity index (χ4v) is 3.83. The maximum atomic E-state index is 6.21. The molecule has 17 heavy (non-hydrogen) atoms. The topological polar surface area (TPSA) is 0 Å². The number of benzene rings is 1. The Bertz CT molecular complexity index is 564. The van der Waals surface area contributed by atoms with E-state index in [1.807, 2.05) is 0 Å². The van der Waals surface area contributed by atoms with Gasteiger partial charge in [-0.25, -0.2) is 0 Å². The highest BCUT2D eigenvalue weighted by Crippen LogP contribution is 2.52. The molecule has 0 aromatic heterocycles. The van der Waals surface area contributed by atoms with Gasteiger partial charge in [-0.15, -0.1) is 0 Å². The minimum Gasteiger partial charge on any atom is -0.0891 e. The Kier molecular flexibility index (Phi) is 2.53. The van der Waals surface area contributed by atoms with Gasteiger partial charge >= 0.3 is 0 Å². The van der Waals surface area contributed by atoms with Gasteiger partial charge in [0.25, 0.3) is 0 Å². The van der Waals surface area contributed by atoms with Crippen molar-refractivity contribution in [1.29, 1.82) is 0 Å². The molecule has 1 aromatic carbocycles. The van der Waals surface area contributed by atoms with E-state index < -0.39 is 0 Å². The summed E-state index contributed by atoms with van der Waals surface area (Å²) in [4.78, 5) is 0. The van der Waals surface area contributed by atoms with Crippen molar-refractivity contribution < 1.29 is 0 Å². The lowest BCUT2D eigenvalue weighted by molar-refractivity contribution is 0.606. The Morgan fingerprint density at radius 3 is 2.76 bits per heavy atom. The summed E-state index contributed by atoms with van der Waals surface area (Å²) in [6, 6.07) is 6.47. The Morgan fingerprint density at radius 1 is 1.24 bits per heavy atom. The molecule has 1 aromatic rings. The van der Waals surface area contributed by atoms with Crippen LogP contribution in [0, 0.1) is 0 Å². The van der Waals surface area contributed by atoms with E-state index in [2.05, 4.69) is 54.1 Å². The average Bonchev–Trinajstić information content (AvgIpc) is 2.49. The summed E-state index contributed by atoms with van der Waals surface area (Å²) in [5.74, 6) is 0. The third kappa shape index (κ3) is 1.56. The van der Waals surface area contributed by atoms with Crippen LogP contribution in [0.4, 0.5) is 0 Å². The summed E-state index contributed by atoms with van der Waals surface area (Å²) in [6.45, 7) is 4.63. The molecule has 3 rings (SSSR count). The molecule has 0 saturated heterocycles. The van der Waals surface area contributed by atoms with Crippen molar-refractivity contribution in [1.82, 2.24) is 0 Å². The van der Waals surface area contributed by atoms with Crippen LogP contribution in [-0.2, 0) is 5.41 Å². The molecule has 0 N–H and O–H groups in total. The second kappa shape index (κ2) is 3.73. The zero-order valence-electron chi connectivity index (χ0n) is 9.98. The molecule has 2 aliphatic carbocycles. The Labute approximate surface area is 115 Å². The van der Waals surface area contributed by atoms with Crippen LogP contribution in [0.5, 0.6) is 0 Å². The largest absolute Gasteiger partial charge is 0.0891 e. The molecule has 2 heteroatoms. The summed E-state index contributed by atoms with van der Waals surface area (Å²) >= 11 is 9.88. The van der Waals surface area contributed by atoms with E-state index in [0.717, 1.165) is 17.9 Å². The van der Waals surface area contributed by atoms with Gasteiger partial charge in [-0.3, -0.25) is 0 Å². The molecule has 0 aliphatic heterocycles. The number of allylic oxidation sites excluding steroid dienone is 4. The van der Waals surface area contributed by atoms with E-state index in [9.17, 15) is 0 Å². The SMILES string of the molecule is CC1(C)C2=C(C=C(Cl)CC2)c2c(Br)cccc21. The predicted molar refractivity (Wildman–Crippen MR) is 77.3 cm³/mol. The molecule has 0 fully saturated rings. The average molecular weight is 310 g/mol. The lowest BCUT2D eigenvalue weighted by atomic mass is 9.78. The first kappa shape index (κ1) is 11.6. The summed E-state index contributed by atoms with van der Waals surface area (Å²) in [5, 5.41) is 0.975. The zero-order valence-corrected chi connectivity index (χ0v) is 12.3. The molecule has 88 valence electrons. The van der Waals surface area contributed by atoms with E-state index in [4.69, 9.17) is 11.6 Å². The first-order chi connectivity index (χ1) is 8.01. The van der Waals surface area contributed by atoms with Crippen molar-refractivity contribution in [3.63, 3.8) is 0 Å². The highest BCUT2D eigenvalue weighted by atomic mass is 79.9. The third-order valence-corrected chi connectivity index (χ3v) is 4.91. The van der Waals surface area contributed by atoms with Gasteiger partial charge in [0.2, 0.25) is 0 Å². The summed E-state index contributed by atoms with van der Waals surface area (Å²) in [7, 11) is 0. The van der Waals surface area contributed by atoms with Crippen LogP contribution in [0.1, 0.15) is 37.8 Å². The van der Waals surface area contributed by atoms with Crippen LogP contribution in [0.25, 0.3) is 5.57 Å². The highest BCUT2D eigenvalue weighted by molar-refractivity contribution is 9.10. The third-order valence-electron chi connectivity index (χ3n) is 3.95. The van der Waals surface area contributed by atoms with Crippen molar-refractivity contribution in [2.75, 3.05) is 0 Å². The van der Waals surface area contributed by atoms with Gasteiger partial charge in [0.05, 0.1) is 0 Å². The molecule has 0 heterocycles. The quantitative estimate of drug-likeness (QED) is 0.601. The van der Waals surface area contributed by atoms with Gasteiger partial charge in [-0.2, -0.15) is 0 Å². The van der Waals surface area contributed by atoms with Crippen LogP contribution in [-0.4, -0.2) is 0 Å². The molecule has 0 saturated carbocycles. The van der Waals surface area contributed by atoms with Gasteiger partial charge in [0, 0.05) is 14.9 Å². The normalized spacial score (nSPS) is 21.1. The van der Waals surface area contributed by atoms with Crippen LogP contribution >= 0.6 is 27.5 Å². The van der Waals surface area contributed by atoms with E-state index in [-0.39, 0.29) is 5.41 Å². The first-order valence-electron chi connectivity index (χ1n) is 5.91. The van der Waals surface area contributed by atoms with E-state index in [0.29, 0.717) is 0 Å². The van der Waals surface area contributed by atoms with Crippen molar-refractivity contribution in [3.05, 3.63) is 50.5 Å². The van der Waals surface area contributed by atoms with Gasteiger partial charge in [0.1, 0.15) is 0 Å². The molecule has 0 radical (unpaired) electrons. The molecule has 0 amide bonds. The summed E-state index contributed by atoms with van der Waals surface area (Å²) in [6.07, 6.45) is 4.22. The minimum absolute atomic E-state index is 0.141. The van der Waals surface area contributed by atoms with Crippen LogP contribution in [0.3, 0.4) is 0 Å². The van der Waals surface area contributed by atoms with Gasteiger partial charge in [-0.1, -0.05) is 59.1 Å². The molecular weight excluding hydrogens is 296 g/mol. The molecule has 0 unspecified atom stereocenters. The number of fused-ring (bicyclic) bond motifs is 2. The Hall–Kier alpha value is -0.530. The highest BCUT2D eigenvalue weighted by Gasteiger charge is 2.38. The molecule has 2 aliphatic rings. The van der Waals surface area contributed by atoms with Crippen molar-refractivity contribution in [2.24, 2.45) is 0 Å². The molecule has 0 nitrogen and oxygen atoms in total. The van der Waals surface area contributed by atoms with E-state index in [1.54, 1.807) is 0 Å². The Balaban J connectivity index is 2.33. The smallest absolute Gasteiger partial charge is 0.0256 e. The minimum atomic E-state index is 0.141. The molecule has 0 atom stereocenters. The van der Waals surface area contributed by atoms with Crippen LogP contribution in [0.15, 0.2) is 39.4 Å². The second-order valence-electron chi connectivity index (χ2n) is 5.27. The molecule has 0 spiro atoms. The van der Waals surface area contributed by atoms with Crippen LogP contribution < -0.4 is 0 Å². The first-order valence-corrected chi connectivity index (χ1v) is 7.08. The van der Waals surface area contributed by atoms with E-state index in [1.165, 1.54) is 26.7 Å². The number of hydrogen-bond donors (Lipinski definition) is 0. The lowest BCUT2D eigenvalue weighted by Crippen LogP contribution is -2.17. The van der Waals surface area contributed by atoms with Gasteiger partial charge < -0.3 is 0 Å². The molecule has 0 bridgehead atoms. The maximum Gasteiger partial charge on any atom is 0.0256 e.